The van der Waals surface area contributed by atoms with Gasteiger partial charge in [0.2, 0.25) is 5.91 Å². The second-order valence-corrected chi connectivity index (χ2v) is 8.23. The van der Waals surface area contributed by atoms with Gasteiger partial charge in [-0.3, -0.25) is 4.79 Å². The van der Waals surface area contributed by atoms with Crippen molar-refractivity contribution < 1.29 is 4.79 Å². The minimum absolute atomic E-state index is 0.128. The Morgan fingerprint density at radius 3 is 2.68 bits per heavy atom. The van der Waals surface area contributed by atoms with Crippen molar-refractivity contribution in [3.05, 3.63) is 24.5 Å². The third-order valence-electron chi connectivity index (χ3n) is 5.87. The SMILES string of the molecule is CCC(Nc1ncnc2c1nc(-c1cnc(C)nc1)n2CC)C(=O)N1CCC[C@H](C)C1. The van der Waals surface area contributed by atoms with E-state index in [-0.39, 0.29) is 11.9 Å². The number of nitrogens with one attached hydrogen (secondary N) is 1. The summed E-state index contributed by atoms with van der Waals surface area (Å²) < 4.78 is 2.02. The van der Waals surface area contributed by atoms with Gasteiger partial charge in [-0.05, 0) is 39.0 Å². The molecule has 1 unspecified atom stereocenters. The number of carbonyl (C=O) groups is 1. The minimum Gasteiger partial charge on any atom is -0.356 e. The van der Waals surface area contributed by atoms with Gasteiger partial charge in [0.1, 0.15) is 24.0 Å². The van der Waals surface area contributed by atoms with Crippen LogP contribution in [0.15, 0.2) is 18.7 Å². The molecule has 1 aliphatic rings. The highest BCUT2D eigenvalue weighted by molar-refractivity contribution is 5.90. The first-order valence-electron chi connectivity index (χ1n) is 11.1. The van der Waals surface area contributed by atoms with Crippen LogP contribution in [0.1, 0.15) is 45.9 Å². The van der Waals surface area contributed by atoms with Crippen molar-refractivity contribution in [1.29, 1.82) is 0 Å². The van der Waals surface area contributed by atoms with E-state index in [1.165, 1.54) is 12.7 Å². The first-order chi connectivity index (χ1) is 15.0. The summed E-state index contributed by atoms with van der Waals surface area (Å²) in [5.41, 5.74) is 2.20. The third-order valence-corrected chi connectivity index (χ3v) is 5.87. The zero-order valence-corrected chi connectivity index (χ0v) is 18.7. The van der Waals surface area contributed by atoms with Gasteiger partial charge in [-0.25, -0.2) is 24.9 Å². The molecule has 9 nitrogen and oxygen atoms in total. The number of fused-ring (bicyclic) bond motifs is 1. The molecular formula is C22H30N8O. The Balaban J connectivity index is 1.67. The van der Waals surface area contributed by atoms with Crippen LogP contribution in [0.2, 0.25) is 0 Å². The van der Waals surface area contributed by atoms with Crippen molar-refractivity contribution in [1.82, 2.24) is 34.4 Å². The quantitative estimate of drug-likeness (QED) is 0.651. The van der Waals surface area contributed by atoms with E-state index >= 15 is 0 Å². The maximum Gasteiger partial charge on any atom is 0.245 e. The van der Waals surface area contributed by atoms with E-state index in [2.05, 4.69) is 32.2 Å². The van der Waals surface area contributed by atoms with Crippen molar-refractivity contribution in [2.45, 2.75) is 59.5 Å². The molecule has 0 aromatic carbocycles. The predicted octanol–water partition coefficient (Wildman–Crippen LogP) is 3.06. The van der Waals surface area contributed by atoms with Gasteiger partial charge in [-0.2, -0.15) is 0 Å². The number of likely N-dealkylation sites (tertiary alicyclic amines) is 1. The summed E-state index contributed by atoms with van der Waals surface area (Å²) in [6.45, 7) is 10.4. The van der Waals surface area contributed by atoms with E-state index in [0.717, 1.165) is 36.5 Å². The van der Waals surface area contributed by atoms with Crippen LogP contribution in [-0.2, 0) is 11.3 Å². The van der Waals surface area contributed by atoms with Gasteiger partial charge >= 0.3 is 0 Å². The molecule has 0 aliphatic carbocycles. The molecule has 4 rings (SSSR count). The summed E-state index contributed by atoms with van der Waals surface area (Å²) in [6, 6.07) is -0.346. The molecule has 9 heteroatoms. The number of amides is 1. The number of aromatic nitrogens is 6. The lowest BCUT2D eigenvalue weighted by Crippen LogP contribution is -2.47. The van der Waals surface area contributed by atoms with Crippen molar-refractivity contribution in [3.8, 4) is 11.4 Å². The predicted molar refractivity (Wildman–Crippen MR) is 119 cm³/mol. The zero-order chi connectivity index (χ0) is 22.0. The van der Waals surface area contributed by atoms with E-state index < -0.39 is 0 Å². The minimum atomic E-state index is -0.346. The molecule has 1 saturated heterocycles. The lowest BCUT2D eigenvalue weighted by Gasteiger charge is -2.33. The highest BCUT2D eigenvalue weighted by Gasteiger charge is 2.28. The summed E-state index contributed by atoms with van der Waals surface area (Å²) in [7, 11) is 0. The number of rotatable bonds is 6. The van der Waals surface area contributed by atoms with Crippen molar-refractivity contribution in [2.24, 2.45) is 5.92 Å². The van der Waals surface area contributed by atoms with Crippen LogP contribution in [0.5, 0.6) is 0 Å². The number of piperidine rings is 1. The Bertz CT molecular complexity index is 1060. The number of nitrogens with zero attached hydrogens (tertiary/aromatic N) is 7. The maximum absolute atomic E-state index is 13.2. The van der Waals surface area contributed by atoms with Gasteiger partial charge in [0, 0.05) is 32.0 Å². The third kappa shape index (κ3) is 4.22. The molecule has 3 aromatic heterocycles. The number of anilines is 1. The molecule has 4 heterocycles. The first kappa shape index (κ1) is 21.1. The molecule has 0 saturated carbocycles. The van der Waals surface area contributed by atoms with Gasteiger partial charge in [-0.1, -0.05) is 13.8 Å². The van der Waals surface area contributed by atoms with Gasteiger partial charge in [0.15, 0.2) is 17.0 Å². The molecule has 1 aliphatic heterocycles. The molecule has 31 heavy (non-hydrogen) atoms. The van der Waals surface area contributed by atoms with E-state index in [1.807, 2.05) is 30.2 Å². The van der Waals surface area contributed by atoms with Crippen LogP contribution in [0, 0.1) is 12.8 Å². The van der Waals surface area contributed by atoms with Crippen molar-refractivity contribution in [2.75, 3.05) is 18.4 Å². The summed E-state index contributed by atoms with van der Waals surface area (Å²) >= 11 is 0. The Labute approximate surface area is 182 Å². The molecule has 3 aromatic rings. The van der Waals surface area contributed by atoms with E-state index in [1.54, 1.807) is 12.4 Å². The lowest BCUT2D eigenvalue weighted by molar-refractivity contribution is -0.133. The zero-order valence-electron chi connectivity index (χ0n) is 18.7. The van der Waals surface area contributed by atoms with Gasteiger partial charge < -0.3 is 14.8 Å². The Morgan fingerprint density at radius 2 is 2.00 bits per heavy atom. The van der Waals surface area contributed by atoms with Crippen LogP contribution < -0.4 is 5.32 Å². The standard InChI is InChI=1S/C22H30N8O/c1-5-17(22(31)29-9-7-8-14(3)12-29)27-19-18-21(26-13-25-19)30(6-2)20(28-18)16-10-23-15(4)24-11-16/h10-11,13-14,17H,5-9,12H2,1-4H3,(H,25,26,27)/t14-,17?/m0/s1. The molecule has 0 bridgehead atoms. The number of hydrogen-bond acceptors (Lipinski definition) is 7. The first-order valence-corrected chi connectivity index (χ1v) is 11.1. The van der Waals surface area contributed by atoms with Gasteiger partial charge in [0.25, 0.3) is 0 Å². The van der Waals surface area contributed by atoms with E-state index in [0.29, 0.717) is 36.0 Å². The molecule has 1 amide bonds. The second-order valence-electron chi connectivity index (χ2n) is 8.23. The second kappa shape index (κ2) is 8.95. The molecule has 2 atom stereocenters. The summed E-state index contributed by atoms with van der Waals surface area (Å²) in [5.74, 6) is 2.70. The Hall–Kier alpha value is -3.10. The number of carbonyl (C=O) groups excluding carboxylic acids is 1. The number of hydrogen-bond donors (Lipinski definition) is 1. The van der Waals surface area contributed by atoms with Crippen LogP contribution in [0.3, 0.4) is 0 Å². The molecule has 0 spiro atoms. The van der Waals surface area contributed by atoms with Crippen molar-refractivity contribution >= 4 is 22.9 Å². The van der Waals surface area contributed by atoms with Crippen LogP contribution in [0.25, 0.3) is 22.6 Å². The molecule has 1 fully saturated rings. The summed E-state index contributed by atoms with van der Waals surface area (Å²) in [4.78, 5) is 37.5. The molecule has 0 radical (unpaired) electrons. The fraction of sp³-hybridized carbons (Fsp3) is 0.545. The fourth-order valence-corrected chi connectivity index (χ4v) is 4.18. The highest BCUT2D eigenvalue weighted by Crippen LogP contribution is 2.27. The van der Waals surface area contributed by atoms with Gasteiger partial charge in [0.05, 0.1) is 5.56 Å². The Kier molecular flexibility index (Phi) is 6.11. The molecule has 164 valence electrons. The number of aryl methyl sites for hydroxylation is 2. The van der Waals surface area contributed by atoms with E-state index in [9.17, 15) is 4.79 Å². The monoisotopic (exact) mass is 422 g/mol. The van der Waals surface area contributed by atoms with Crippen LogP contribution >= 0.6 is 0 Å². The molecule has 1 N–H and O–H groups in total. The average Bonchev–Trinajstić information content (AvgIpc) is 3.17. The van der Waals surface area contributed by atoms with Crippen molar-refractivity contribution in [3.63, 3.8) is 0 Å². The smallest absolute Gasteiger partial charge is 0.245 e. The highest BCUT2D eigenvalue weighted by atomic mass is 16.2. The van der Waals surface area contributed by atoms with Crippen LogP contribution in [-0.4, -0.2) is 59.4 Å². The fourth-order valence-electron chi connectivity index (χ4n) is 4.18. The Morgan fingerprint density at radius 1 is 1.23 bits per heavy atom. The average molecular weight is 423 g/mol. The lowest BCUT2D eigenvalue weighted by atomic mass is 9.99. The largest absolute Gasteiger partial charge is 0.356 e. The summed E-state index contributed by atoms with van der Waals surface area (Å²) in [6.07, 6.45) is 7.97. The van der Waals surface area contributed by atoms with E-state index in [4.69, 9.17) is 4.98 Å². The maximum atomic E-state index is 13.2. The topological polar surface area (TPSA) is 102 Å². The normalized spacial score (nSPS) is 17.7. The number of imidazole rings is 1. The van der Waals surface area contributed by atoms with Crippen LogP contribution in [0.4, 0.5) is 5.82 Å². The van der Waals surface area contributed by atoms with Gasteiger partial charge in [-0.15, -0.1) is 0 Å². The summed E-state index contributed by atoms with van der Waals surface area (Å²) in [5, 5.41) is 3.36. The molecular weight excluding hydrogens is 392 g/mol.